The topological polar surface area (TPSA) is 32.3 Å². The second-order valence-electron chi connectivity index (χ2n) is 4.25. The van der Waals surface area contributed by atoms with Crippen LogP contribution in [0.1, 0.15) is 22.7 Å². The average molecular weight is 229 g/mol. The molecule has 86 valence electrons. The Kier molecular flexibility index (Phi) is 2.34. The van der Waals surface area contributed by atoms with Crippen LogP contribution in [0.5, 0.6) is 5.75 Å². The van der Waals surface area contributed by atoms with E-state index >= 15 is 0 Å². The van der Waals surface area contributed by atoms with Crippen molar-refractivity contribution in [3.63, 3.8) is 0 Å². The molecular weight excluding hydrogens is 217 g/mol. The van der Waals surface area contributed by atoms with E-state index in [1.807, 2.05) is 12.1 Å². The fraction of sp³-hybridized carbons (Fsp3) is 0.143. The molecule has 0 amide bonds. The molecule has 17 heavy (non-hydrogen) atoms. The Balaban J connectivity index is 2.06. The summed E-state index contributed by atoms with van der Waals surface area (Å²) in [5, 5.41) is 12.8. The largest absolute Gasteiger partial charge is 0.508 e. The Labute approximate surface area is 98.7 Å². The van der Waals surface area contributed by atoms with Crippen molar-refractivity contribution < 1.29 is 9.50 Å². The first-order valence-electron chi connectivity index (χ1n) is 5.55. The van der Waals surface area contributed by atoms with E-state index in [0.29, 0.717) is 0 Å². The van der Waals surface area contributed by atoms with Crippen molar-refractivity contribution in [3.05, 3.63) is 65.0 Å². The van der Waals surface area contributed by atoms with Gasteiger partial charge in [0.05, 0.1) is 6.04 Å². The number of halogens is 1. The van der Waals surface area contributed by atoms with Gasteiger partial charge in [-0.15, -0.1) is 0 Å². The van der Waals surface area contributed by atoms with Crippen LogP contribution in [0, 0.1) is 5.82 Å². The summed E-state index contributed by atoms with van der Waals surface area (Å²) in [5.41, 5.74) is 3.06. The molecule has 0 radical (unpaired) electrons. The number of fused-ring (bicyclic) bond motifs is 1. The molecule has 2 nitrogen and oxygen atoms in total. The van der Waals surface area contributed by atoms with Crippen LogP contribution in [0.15, 0.2) is 42.5 Å². The number of phenolic OH excluding ortho intramolecular Hbond substituents is 1. The first-order valence-corrected chi connectivity index (χ1v) is 5.55. The summed E-state index contributed by atoms with van der Waals surface area (Å²) >= 11 is 0. The summed E-state index contributed by atoms with van der Waals surface area (Å²) in [6.07, 6.45) is 0. The standard InChI is InChI=1S/C14H12FNO/c15-11-3-1-2-9(6-11)14-13-7-12(17)5-4-10(13)8-16-14/h1-7,14,16-17H,8H2. The fourth-order valence-corrected chi connectivity index (χ4v) is 2.32. The molecule has 1 heterocycles. The van der Waals surface area contributed by atoms with Crippen molar-refractivity contribution >= 4 is 0 Å². The highest BCUT2D eigenvalue weighted by molar-refractivity contribution is 5.44. The minimum Gasteiger partial charge on any atom is -0.508 e. The van der Waals surface area contributed by atoms with E-state index in [1.165, 1.54) is 12.1 Å². The minimum absolute atomic E-state index is 0.0344. The number of hydrogen-bond donors (Lipinski definition) is 2. The molecule has 2 aromatic rings. The van der Waals surface area contributed by atoms with Gasteiger partial charge in [-0.3, -0.25) is 0 Å². The third kappa shape index (κ3) is 1.78. The zero-order valence-electron chi connectivity index (χ0n) is 9.15. The normalized spacial score (nSPS) is 18.1. The molecule has 0 saturated carbocycles. The third-order valence-electron chi connectivity index (χ3n) is 3.12. The molecule has 3 rings (SSSR count). The molecule has 2 N–H and O–H groups in total. The molecule has 1 aliphatic heterocycles. The number of nitrogens with one attached hydrogen (secondary N) is 1. The van der Waals surface area contributed by atoms with Crippen molar-refractivity contribution in [3.8, 4) is 5.75 Å². The Morgan fingerprint density at radius 1 is 1.18 bits per heavy atom. The van der Waals surface area contributed by atoms with Gasteiger partial charge in [-0.1, -0.05) is 18.2 Å². The van der Waals surface area contributed by atoms with E-state index in [2.05, 4.69) is 5.32 Å². The monoisotopic (exact) mass is 229 g/mol. The number of aromatic hydroxyl groups is 1. The van der Waals surface area contributed by atoms with E-state index in [-0.39, 0.29) is 17.6 Å². The van der Waals surface area contributed by atoms with Crippen LogP contribution < -0.4 is 5.32 Å². The lowest BCUT2D eigenvalue weighted by Gasteiger charge is -2.12. The average Bonchev–Trinajstić information content (AvgIpc) is 2.71. The zero-order valence-corrected chi connectivity index (χ0v) is 9.15. The van der Waals surface area contributed by atoms with E-state index in [9.17, 15) is 9.50 Å². The summed E-state index contributed by atoms with van der Waals surface area (Å²) < 4.78 is 13.2. The predicted octanol–water partition coefficient (Wildman–Crippen LogP) is 2.72. The van der Waals surface area contributed by atoms with Gasteiger partial charge >= 0.3 is 0 Å². The maximum Gasteiger partial charge on any atom is 0.123 e. The van der Waals surface area contributed by atoms with Crippen molar-refractivity contribution in [2.75, 3.05) is 0 Å². The van der Waals surface area contributed by atoms with Gasteiger partial charge in [0, 0.05) is 6.54 Å². The predicted molar refractivity (Wildman–Crippen MR) is 63.2 cm³/mol. The quantitative estimate of drug-likeness (QED) is 0.788. The van der Waals surface area contributed by atoms with Gasteiger partial charge in [0.2, 0.25) is 0 Å². The molecule has 3 heteroatoms. The van der Waals surface area contributed by atoms with Crippen LogP contribution in [0.25, 0.3) is 0 Å². The van der Waals surface area contributed by atoms with Gasteiger partial charge in [-0.2, -0.15) is 0 Å². The van der Waals surface area contributed by atoms with Crippen molar-refractivity contribution in [2.24, 2.45) is 0 Å². The second-order valence-corrected chi connectivity index (χ2v) is 4.25. The van der Waals surface area contributed by atoms with Crippen molar-refractivity contribution in [2.45, 2.75) is 12.6 Å². The van der Waals surface area contributed by atoms with Gasteiger partial charge in [0.15, 0.2) is 0 Å². The maximum absolute atomic E-state index is 13.2. The van der Waals surface area contributed by atoms with Crippen LogP contribution >= 0.6 is 0 Å². The van der Waals surface area contributed by atoms with E-state index in [4.69, 9.17) is 0 Å². The van der Waals surface area contributed by atoms with Gasteiger partial charge in [-0.05, 0) is 41.0 Å². The van der Waals surface area contributed by atoms with Crippen LogP contribution in [0.2, 0.25) is 0 Å². The molecule has 0 spiro atoms. The van der Waals surface area contributed by atoms with E-state index < -0.39 is 0 Å². The molecule has 0 bridgehead atoms. The molecule has 1 atom stereocenters. The minimum atomic E-state index is -0.238. The Hall–Kier alpha value is -1.87. The Morgan fingerprint density at radius 3 is 2.88 bits per heavy atom. The summed E-state index contributed by atoms with van der Waals surface area (Å²) in [6, 6.07) is 11.8. The van der Waals surface area contributed by atoms with Crippen molar-refractivity contribution in [1.29, 1.82) is 0 Å². The number of rotatable bonds is 1. The first kappa shape index (κ1) is 10.3. The fourth-order valence-electron chi connectivity index (χ4n) is 2.32. The number of hydrogen-bond acceptors (Lipinski definition) is 2. The molecule has 2 aromatic carbocycles. The highest BCUT2D eigenvalue weighted by atomic mass is 19.1. The highest BCUT2D eigenvalue weighted by Gasteiger charge is 2.23. The molecule has 1 unspecified atom stereocenters. The molecule has 0 saturated heterocycles. The number of benzene rings is 2. The van der Waals surface area contributed by atoms with Crippen LogP contribution in [0.4, 0.5) is 4.39 Å². The van der Waals surface area contributed by atoms with E-state index in [1.54, 1.807) is 18.2 Å². The lowest BCUT2D eigenvalue weighted by atomic mass is 9.98. The molecular formula is C14H12FNO. The van der Waals surface area contributed by atoms with Gasteiger partial charge in [0.25, 0.3) is 0 Å². The third-order valence-corrected chi connectivity index (χ3v) is 3.12. The van der Waals surface area contributed by atoms with Gasteiger partial charge < -0.3 is 10.4 Å². The first-order chi connectivity index (χ1) is 8.24. The van der Waals surface area contributed by atoms with Crippen molar-refractivity contribution in [1.82, 2.24) is 5.32 Å². The van der Waals surface area contributed by atoms with E-state index in [0.717, 1.165) is 23.2 Å². The molecule has 0 aromatic heterocycles. The summed E-state index contributed by atoms with van der Waals surface area (Å²) in [5.74, 6) is 0.00626. The molecule has 1 aliphatic rings. The Morgan fingerprint density at radius 2 is 2.06 bits per heavy atom. The number of phenols is 1. The highest BCUT2D eigenvalue weighted by Crippen LogP contribution is 2.33. The van der Waals surface area contributed by atoms with Crippen LogP contribution in [-0.4, -0.2) is 5.11 Å². The maximum atomic E-state index is 13.2. The molecule has 0 fully saturated rings. The molecule has 0 aliphatic carbocycles. The summed E-state index contributed by atoms with van der Waals surface area (Å²) in [6.45, 7) is 0.747. The zero-order chi connectivity index (χ0) is 11.8. The summed E-state index contributed by atoms with van der Waals surface area (Å²) in [4.78, 5) is 0. The summed E-state index contributed by atoms with van der Waals surface area (Å²) in [7, 11) is 0. The lowest BCUT2D eigenvalue weighted by molar-refractivity contribution is 0.474. The smallest absolute Gasteiger partial charge is 0.123 e. The SMILES string of the molecule is Oc1ccc2c(c1)C(c1cccc(F)c1)NC2. The van der Waals surface area contributed by atoms with Gasteiger partial charge in [0.1, 0.15) is 11.6 Å². The second kappa shape index (κ2) is 3.86. The lowest BCUT2D eigenvalue weighted by Crippen LogP contribution is -2.13. The van der Waals surface area contributed by atoms with Crippen LogP contribution in [-0.2, 0) is 6.54 Å². The van der Waals surface area contributed by atoms with Crippen LogP contribution in [0.3, 0.4) is 0 Å². The van der Waals surface area contributed by atoms with Gasteiger partial charge in [-0.25, -0.2) is 4.39 Å². The Bertz CT molecular complexity index is 568.